The third-order valence-corrected chi connectivity index (χ3v) is 9.59. The third kappa shape index (κ3) is 14.4. The van der Waals surface area contributed by atoms with E-state index in [1.807, 2.05) is 45.0 Å². The number of para-hydroxylation sites is 1. The number of fused-ring (bicyclic) bond motifs is 1. The molecule has 0 radical (unpaired) electrons. The van der Waals surface area contributed by atoms with Crippen molar-refractivity contribution in [2.24, 2.45) is 11.8 Å². The zero-order chi connectivity index (χ0) is 39.2. The molecule has 3 aromatic rings. The molecule has 294 valence electrons. The highest BCUT2D eigenvalue weighted by atomic mass is 32.2. The van der Waals surface area contributed by atoms with Gasteiger partial charge in [0.15, 0.2) is 0 Å². The summed E-state index contributed by atoms with van der Waals surface area (Å²) in [4.78, 5) is 30.3. The van der Waals surface area contributed by atoms with Gasteiger partial charge in [-0.3, -0.25) is 0 Å². The minimum absolute atomic E-state index is 0.0756. The largest absolute Gasteiger partial charge is 0.497 e. The molecule has 4 rings (SSSR count). The van der Waals surface area contributed by atoms with Crippen molar-refractivity contribution in [2.75, 3.05) is 51.0 Å². The first kappa shape index (κ1) is 42.8. The van der Waals surface area contributed by atoms with E-state index in [0.717, 1.165) is 61.8 Å². The lowest BCUT2D eigenvalue weighted by Crippen LogP contribution is -2.33. The monoisotopic (exact) mass is 770 g/mol. The van der Waals surface area contributed by atoms with Gasteiger partial charge in [0.2, 0.25) is 16.0 Å². The van der Waals surface area contributed by atoms with Gasteiger partial charge in [0.05, 0.1) is 19.7 Å². The summed E-state index contributed by atoms with van der Waals surface area (Å²) in [6.45, 7) is 7.89. The van der Waals surface area contributed by atoms with Crippen LogP contribution < -0.4 is 30.1 Å². The lowest BCUT2D eigenvalue weighted by molar-refractivity contribution is -0.192. The van der Waals surface area contributed by atoms with E-state index in [4.69, 9.17) is 34.1 Å². The van der Waals surface area contributed by atoms with Crippen LogP contribution in [0.4, 0.5) is 29.7 Å². The Balaban J connectivity index is 0.000000980. The molecule has 1 aliphatic rings. The number of unbranched alkanes of at least 4 members (excludes halogenated alkanes) is 1. The first-order valence-electron chi connectivity index (χ1n) is 17.1. The van der Waals surface area contributed by atoms with E-state index in [9.17, 15) is 26.4 Å². The summed E-state index contributed by atoms with van der Waals surface area (Å²) in [6, 6.07) is 12.7. The number of ether oxygens (including phenoxy) is 3. The Labute approximate surface area is 307 Å². The van der Waals surface area contributed by atoms with Crippen LogP contribution in [-0.2, 0) is 19.6 Å². The van der Waals surface area contributed by atoms with Crippen molar-refractivity contribution in [3.05, 3.63) is 42.5 Å². The van der Waals surface area contributed by atoms with Crippen molar-refractivity contribution in [2.45, 2.75) is 76.0 Å². The van der Waals surface area contributed by atoms with Crippen molar-refractivity contribution >= 4 is 44.8 Å². The average molecular weight is 771 g/mol. The van der Waals surface area contributed by atoms with Crippen LogP contribution in [0.1, 0.15) is 59.3 Å². The molecule has 53 heavy (non-hydrogen) atoms. The van der Waals surface area contributed by atoms with E-state index in [-0.39, 0.29) is 16.6 Å². The second kappa shape index (κ2) is 19.5. The van der Waals surface area contributed by atoms with E-state index in [2.05, 4.69) is 20.7 Å². The second-order valence-electron chi connectivity index (χ2n) is 13.4. The molecule has 0 atom stereocenters. The Hall–Kier alpha value is -4.58. The number of alkyl halides is 3. The molecule has 5 N–H and O–H groups in total. The fourth-order valence-electron chi connectivity index (χ4n) is 5.43. The van der Waals surface area contributed by atoms with Crippen molar-refractivity contribution in [3.8, 4) is 11.5 Å². The predicted molar refractivity (Wildman–Crippen MR) is 194 cm³/mol. The SMILES string of the molecule is COc1ccc(OC)c(S(=O)(=O)NCC2CCC(CNc3nc(NCCCCNC(=O)OC(C)(C)C)c4ccccc4n3)CC2)c1.O=C(O)C(F)(F)F. The van der Waals surface area contributed by atoms with Gasteiger partial charge < -0.3 is 35.3 Å². The summed E-state index contributed by atoms with van der Waals surface area (Å²) >= 11 is 0. The van der Waals surface area contributed by atoms with E-state index in [1.165, 1.54) is 20.3 Å². The number of rotatable bonds is 15. The summed E-state index contributed by atoms with van der Waals surface area (Å²) < 4.78 is 76.4. The number of nitrogens with one attached hydrogen (secondary N) is 4. The van der Waals surface area contributed by atoms with Gasteiger partial charge in [-0.2, -0.15) is 18.2 Å². The number of carboxylic acid groups (broad SMARTS) is 1. The number of hydrogen-bond donors (Lipinski definition) is 5. The molecule has 2 aromatic carbocycles. The number of methoxy groups -OCH3 is 2. The zero-order valence-corrected chi connectivity index (χ0v) is 31.3. The Morgan fingerprint density at radius 1 is 0.887 bits per heavy atom. The van der Waals surface area contributed by atoms with Crippen LogP contribution in [-0.4, -0.2) is 87.7 Å². The highest BCUT2D eigenvalue weighted by Gasteiger charge is 2.38. The number of carboxylic acids is 1. The number of carbonyl (C=O) groups is 2. The summed E-state index contributed by atoms with van der Waals surface area (Å²) in [5.41, 5.74) is 0.347. The molecule has 0 bridgehead atoms. The maximum absolute atomic E-state index is 13.0. The molecule has 1 saturated carbocycles. The maximum atomic E-state index is 13.0. The number of carbonyl (C=O) groups excluding carboxylic acids is 1. The smallest absolute Gasteiger partial charge is 0.490 e. The summed E-state index contributed by atoms with van der Waals surface area (Å²) in [5, 5.41) is 17.8. The summed E-state index contributed by atoms with van der Waals surface area (Å²) in [7, 11) is -0.798. The number of aliphatic carboxylic acids is 1. The van der Waals surface area contributed by atoms with E-state index >= 15 is 0 Å². The molecule has 0 aliphatic heterocycles. The molecule has 0 spiro atoms. The number of anilines is 2. The molecule has 14 nitrogen and oxygen atoms in total. The first-order chi connectivity index (χ1) is 24.9. The number of alkyl carbamates (subject to hydrolysis) is 1. The molecule has 18 heteroatoms. The van der Waals surface area contributed by atoms with Crippen LogP contribution in [0.15, 0.2) is 47.4 Å². The van der Waals surface area contributed by atoms with Crippen LogP contribution in [0.3, 0.4) is 0 Å². The summed E-state index contributed by atoms with van der Waals surface area (Å²) in [6.07, 6.45) is -0.00312. The summed E-state index contributed by atoms with van der Waals surface area (Å²) in [5.74, 6) is 0.0337. The van der Waals surface area contributed by atoms with E-state index in [1.54, 1.807) is 12.1 Å². The molecule has 1 heterocycles. The van der Waals surface area contributed by atoms with Gasteiger partial charge in [0, 0.05) is 37.6 Å². The van der Waals surface area contributed by atoms with Crippen molar-refractivity contribution in [3.63, 3.8) is 0 Å². The minimum atomic E-state index is -5.08. The number of aromatic nitrogens is 2. The Morgan fingerprint density at radius 3 is 2.11 bits per heavy atom. The number of amides is 1. The van der Waals surface area contributed by atoms with Gasteiger partial charge in [-0.25, -0.2) is 27.7 Å². The molecular weight excluding hydrogens is 721 g/mol. The molecular formula is C35H49F3N6O8S. The number of halogens is 3. The van der Waals surface area contributed by atoms with Crippen LogP contribution in [0.2, 0.25) is 0 Å². The molecule has 1 aliphatic carbocycles. The van der Waals surface area contributed by atoms with Crippen molar-refractivity contribution in [1.82, 2.24) is 20.0 Å². The predicted octanol–water partition coefficient (Wildman–Crippen LogP) is 6.19. The van der Waals surface area contributed by atoms with Gasteiger partial charge in [-0.1, -0.05) is 12.1 Å². The third-order valence-electron chi connectivity index (χ3n) is 8.15. The fourth-order valence-corrected chi connectivity index (χ4v) is 6.72. The zero-order valence-electron chi connectivity index (χ0n) is 30.5. The quantitative estimate of drug-likeness (QED) is 0.110. The first-order valence-corrected chi connectivity index (χ1v) is 18.6. The topological polar surface area (TPSA) is 190 Å². The Kier molecular flexibility index (Phi) is 15.7. The highest BCUT2D eigenvalue weighted by molar-refractivity contribution is 7.89. The van der Waals surface area contributed by atoms with Crippen LogP contribution in [0.25, 0.3) is 10.9 Å². The Morgan fingerprint density at radius 2 is 1.51 bits per heavy atom. The molecule has 0 saturated heterocycles. The van der Waals surface area contributed by atoms with Gasteiger partial charge in [-0.05, 0) is 95.4 Å². The molecule has 1 amide bonds. The van der Waals surface area contributed by atoms with E-state index in [0.29, 0.717) is 37.3 Å². The van der Waals surface area contributed by atoms with Gasteiger partial charge in [0.1, 0.15) is 27.8 Å². The van der Waals surface area contributed by atoms with Gasteiger partial charge in [0.25, 0.3) is 0 Å². The molecule has 1 aromatic heterocycles. The Bertz CT molecular complexity index is 1760. The second-order valence-corrected chi connectivity index (χ2v) is 15.2. The standard InChI is InChI=1S/C33H48N6O6S.C2HF3O2/c1-33(2,3)45-32(40)35-19-9-8-18-34-30-26-10-6-7-11-27(26)38-31(39-30)36-21-23-12-14-24(15-13-23)22-37-46(41,42)29-20-25(43-4)16-17-28(29)44-5;3-2(4,5)1(6)7/h6-7,10-11,16-17,20,23-24,37H,8-9,12-15,18-19,21-22H2,1-5H3,(H,35,40)(H2,34,36,38,39);(H,6,7). The average Bonchev–Trinajstić information content (AvgIpc) is 3.10. The molecule has 0 unspecified atom stereocenters. The minimum Gasteiger partial charge on any atom is -0.497 e. The number of hydrogen-bond acceptors (Lipinski definition) is 11. The van der Waals surface area contributed by atoms with Crippen LogP contribution in [0.5, 0.6) is 11.5 Å². The van der Waals surface area contributed by atoms with Crippen LogP contribution >= 0.6 is 0 Å². The lowest BCUT2D eigenvalue weighted by atomic mass is 9.82. The molecule has 1 fully saturated rings. The van der Waals surface area contributed by atoms with Gasteiger partial charge >= 0.3 is 18.2 Å². The van der Waals surface area contributed by atoms with E-state index < -0.39 is 33.9 Å². The lowest BCUT2D eigenvalue weighted by Gasteiger charge is -2.28. The van der Waals surface area contributed by atoms with Crippen LogP contribution in [0, 0.1) is 11.8 Å². The maximum Gasteiger partial charge on any atom is 0.490 e. The number of benzene rings is 2. The fraction of sp³-hybridized carbons (Fsp3) is 0.543. The number of sulfonamides is 1. The van der Waals surface area contributed by atoms with Crippen molar-refractivity contribution in [1.29, 1.82) is 0 Å². The van der Waals surface area contributed by atoms with Gasteiger partial charge in [-0.15, -0.1) is 0 Å². The van der Waals surface area contributed by atoms with Crippen molar-refractivity contribution < 1.29 is 50.5 Å². The normalized spacial score (nSPS) is 16.2. The highest BCUT2D eigenvalue weighted by Crippen LogP contribution is 2.31. The number of nitrogens with zero attached hydrogens (tertiary/aromatic N) is 2.